The van der Waals surface area contributed by atoms with Gasteiger partial charge in [-0.2, -0.15) is 0 Å². The molecule has 1 atom stereocenters. The smallest absolute Gasteiger partial charge is 0.341 e. The number of thiophene rings is 1. The minimum absolute atomic E-state index is 0.132. The first-order chi connectivity index (χ1) is 15.1. The molecule has 0 saturated heterocycles. The molecule has 2 aliphatic rings. The first-order valence-corrected chi connectivity index (χ1v) is 12.7. The van der Waals surface area contributed by atoms with Crippen LogP contribution in [-0.2, 0) is 31.9 Å². The van der Waals surface area contributed by atoms with Gasteiger partial charge in [-0.05, 0) is 74.7 Å². The molecule has 0 radical (unpaired) electrons. The van der Waals surface area contributed by atoms with Crippen molar-refractivity contribution in [2.24, 2.45) is 23.2 Å². The molecule has 0 bridgehead atoms. The van der Waals surface area contributed by atoms with E-state index in [0.717, 1.165) is 55.4 Å². The van der Waals surface area contributed by atoms with Gasteiger partial charge >= 0.3 is 11.9 Å². The van der Waals surface area contributed by atoms with Gasteiger partial charge in [0.1, 0.15) is 5.00 Å². The number of ether oxygens (including phenoxy) is 2. The molecule has 1 amide bonds. The van der Waals surface area contributed by atoms with Crippen LogP contribution in [0.15, 0.2) is 0 Å². The van der Waals surface area contributed by atoms with Crippen molar-refractivity contribution in [1.29, 1.82) is 0 Å². The molecule has 1 aromatic rings. The van der Waals surface area contributed by atoms with Gasteiger partial charge in [-0.25, -0.2) is 4.79 Å². The lowest BCUT2D eigenvalue weighted by Crippen LogP contribution is -2.31. The van der Waals surface area contributed by atoms with E-state index >= 15 is 0 Å². The van der Waals surface area contributed by atoms with Crippen LogP contribution in [0.25, 0.3) is 0 Å². The van der Waals surface area contributed by atoms with Crippen molar-refractivity contribution in [2.75, 3.05) is 18.5 Å². The molecule has 1 unspecified atom stereocenters. The van der Waals surface area contributed by atoms with Gasteiger partial charge in [0.2, 0.25) is 0 Å². The number of amides is 1. The van der Waals surface area contributed by atoms with Crippen LogP contribution in [0.1, 0.15) is 87.5 Å². The Morgan fingerprint density at radius 2 is 1.75 bits per heavy atom. The highest BCUT2D eigenvalue weighted by atomic mass is 32.1. The third-order valence-corrected chi connectivity index (χ3v) is 8.04. The van der Waals surface area contributed by atoms with Gasteiger partial charge in [0, 0.05) is 4.88 Å². The Kier molecular flexibility index (Phi) is 8.01. The van der Waals surface area contributed by atoms with Crippen molar-refractivity contribution in [1.82, 2.24) is 0 Å². The largest absolute Gasteiger partial charge is 0.462 e. The summed E-state index contributed by atoms with van der Waals surface area (Å²) in [6.07, 6.45) is 6.36. The number of nitrogens with one attached hydrogen (secondary N) is 1. The monoisotopic (exact) mass is 463 g/mol. The van der Waals surface area contributed by atoms with E-state index in [-0.39, 0.29) is 30.5 Å². The van der Waals surface area contributed by atoms with E-state index in [0.29, 0.717) is 22.4 Å². The number of anilines is 1. The summed E-state index contributed by atoms with van der Waals surface area (Å²) < 4.78 is 10.6. The Labute approximate surface area is 195 Å². The molecule has 0 aliphatic heterocycles. The fraction of sp³-hybridized carbons (Fsp3) is 0.720. The van der Waals surface area contributed by atoms with E-state index in [1.165, 1.54) is 11.3 Å². The number of rotatable bonds is 6. The normalized spacial score (nSPS) is 23.2. The maximum atomic E-state index is 12.6. The SMILES string of the molecule is CCOC(=O)c1c(NC(=O)COC(=O)C2CCC(C(C)(C)C)CC2)sc2c1CCC(C)C2. The van der Waals surface area contributed by atoms with Crippen LogP contribution in [0, 0.1) is 23.2 Å². The molecule has 6 nitrogen and oxygen atoms in total. The second kappa shape index (κ2) is 10.4. The Bertz CT molecular complexity index is 845. The van der Waals surface area contributed by atoms with Gasteiger partial charge in [0.15, 0.2) is 6.61 Å². The lowest BCUT2D eigenvalue weighted by molar-refractivity contribution is -0.153. The van der Waals surface area contributed by atoms with Crippen molar-refractivity contribution in [2.45, 2.75) is 79.6 Å². The number of carbonyl (C=O) groups is 3. The molecule has 1 N–H and O–H groups in total. The quantitative estimate of drug-likeness (QED) is 0.573. The molecule has 178 valence electrons. The average Bonchev–Trinajstić information content (AvgIpc) is 3.08. The summed E-state index contributed by atoms with van der Waals surface area (Å²) in [7, 11) is 0. The minimum Gasteiger partial charge on any atom is -0.462 e. The fourth-order valence-corrected chi connectivity index (χ4v) is 6.29. The maximum Gasteiger partial charge on any atom is 0.341 e. The standard InChI is InChI=1S/C25H37NO5S/c1-6-30-24(29)21-18-12-7-15(2)13-19(18)32-22(21)26-20(27)14-31-23(28)16-8-10-17(11-9-16)25(3,4)5/h15-17H,6-14H2,1-5H3,(H,26,27). The van der Waals surface area contributed by atoms with Crippen molar-refractivity contribution in [3.8, 4) is 0 Å². The Balaban J connectivity index is 1.58. The zero-order chi connectivity index (χ0) is 23.5. The number of hydrogen-bond acceptors (Lipinski definition) is 6. The third-order valence-electron chi connectivity index (χ3n) is 6.87. The fourth-order valence-electron chi connectivity index (χ4n) is 4.87. The number of fused-ring (bicyclic) bond motifs is 1. The summed E-state index contributed by atoms with van der Waals surface area (Å²) in [5, 5.41) is 3.32. The van der Waals surface area contributed by atoms with Crippen molar-refractivity contribution in [3.05, 3.63) is 16.0 Å². The predicted molar refractivity (Wildman–Crippen MR) is 126 cm³/mol. The highest BCUT2D eigenvalue weighted by Gasteiger charge is 2.33. The van der Waals surface area contributed by atoms with Gasteiger partial charge < -0.3 is 14.8 Å². The van der Waals surface area contributed by atoms with Crippen LogP contribution in [0.2, 0.25) is 0 Å². The van der Waals surface area contributed by atoms with E-state index in [4.69, 9.17) is 9.47 Å². The van der Waals surface area contributed by atoms with Gasteiger partial charge in [-0.1, -0.05) is 27.7 Å². The van der Waals surface area contributed by atoms with Crippen molar-refractivity contribution < 1.29 is 23.9 Å². The highest BCUT2D eigenvalue weighted by Crippen LogP contribution is 2.41. The molecule has 32 heavy (non-hydrogen) atoms. The molecule has 1 heterocycles. The van der Waals surface area contributed by atoms with Gasteiger partial charge in [-0.3, -0.25) is 9.59 Å². The van der Waals surface area contributed by atoms with Crippen LogP contribution in [0.4, 0.5) is 5.00 Å². The van der Waals surface area contributed by atoms with E-state index in [1.54, 1.807) is 6.92 Å². The van der Waals surface area contributed by atoms with Crippen LogP contribution >= 0.6 is 11.3 Å². The summed E-state index contributed by atoms with van der Waals surface area (Å²) in [6.45, 7) is 10.6. The van der Waals surface area contributed by atoms with Crippen molar-refractivity contribution in [3.63, 3.8) is 0 Å². The third kappa shape index (κ3) is 5.91. The lowest BCUT2D eigenvalue weighted by atomic mass is 9.70. The molecular formula is C25H37NO5S. The van der Waals surface area contributed by atoms with Crippen molar-refractivity contribution >= 4 is 34.2 Å². The lowest BCUT2D eigenvalue weighted by Gasteiger charge is -2.36. The van der Waals surface area contributed by atoms with Crippen LogP contribution in [0.5, 0.6) is 0 Å². The van der Waals surface area contributed by atoms with Crippen LogP contribution in [0.3, 0.4) is 0 Å². The number of carbonyl (C=O) groups excluding carboxylic acids is 3. The zero-order valence-electron chi connectivity index (χ0n) is 20.0. The number of hydrogen-bond donors (Lipinski definition) is 1. The Hall–Kier alpha value is -1.89. The molecule has 1 aromatic heterocycles. The van der Waals surface area contributed by atoms with Crippen LogP contribution in [-0.4, -0.2) is 31.1 Å². The van der Waals surface area contributed by atoms with E-state index in [9.17, 15) is 14.4 Å². The molecule has 2 aliphatic carbocycles. The topological polar surface area (TPSA) is 81.7 Å². The first kappa shape index (κ1) is 24.7. The zero-order valence-corrected chi connectivity index (χ0v) is 20.9. The second-order valence-electron chi connectivity index (χ2n) is 10.3. The van der Waals surface area contributed by atoms with E-state index in [2.05, 4.69) is 33.0 Å². The summed E-state index contributed by atoms with van der Waals surface area (Å²) >= 11 is 1.44. The van der Waals surface area contributed by atoms with E-state index < -0.39 is 11.9 Å². The summed E-state index contributed by atoms with van der Waals surface area (Å²) in [5.74, 6) is -0.0800. The summed E-state index contributed by atoms with van der Waals surface area (Å²) in [4.78, 5) is 38.8. The first-order valence-electron chi connectivity index (χ1n) is 11.9. The molecule has 1 fully saturated rings. The Morgan fingerprint density at radius 3 is 2.38 bits per heavy atom. The number of esters is 2. The summed E-state index contributed by atoms with van der Waals surface area (Å²) in [6, 6.07) is 0. The maximum absolute atomic E-state index is 12.6. The minimum atomic E-state index is -0.418. The van der Waals surface area contributed by atoms with E-state index in [1.807, 2.05) is 0 Å². The second-order valence-corrected chi connectivity index (χ2v) is 11.5. The Morgan fingerprint density at radius 1 is 1.06 bits per heavy atom. The predicted octanol–water partition coefficient (Wildman–Crippen LogP) is 5.38. The van der Waals surface area contributed by atoms with Crippen LogP contribution < -0.4 is 5.32 Å². The highest BCUT2D eigenvalue weighted by molar-refractivity contribution is 7.17. The summed E-state index contributed by atoms with van der Waals surface area (Å²) in [5.41, 5.74) is 1.72. The molecular weight excluding hydrogens is 426 g/mol. The average molecular weight is 464 g/mol. The molecule has 7 heteroatoms. The van der Waals surface area contributed by atoms with Gasteiger partial charge in [0.05, 0.1) is 18.1 Å². The molecule has 1 saturated carbocycles. The molecule has 3 rings (SSSR count). The molecule has 0 spiro atoms. The van der Waals surface area contributed by atoms with Gasteiger partial charge in [0.25, 0.3) is 5.91 Å². The molecule has 0 aromatic carbocycles. The van der Waals surface area contributed by atoms with Gasteiger partial charge in [-0.15, -0.1) is 11.3 Å².